The van der Waals surface area contributed by atoms with Crippen molar-refractivity contribution in [1.82, 2.24) is 15.2 Å². The molecule has 1 aliphatic rings. The van der Waals surface area contributed by atoms with Crippen molar-refractivity contribution in [1.29, 1.82) is 0 Å². The zero-order chi connectivity index (χ0) is 15.0. The number of halogens is 1. The topological polar surface area (TPSA) is 70.8 Å². The zero-order valence-corrected chi connectivity index (χ0v) is 13.1. The van der Waals surface area contributed by atoms with Crippen molar-refractivity contribution in [3.63, 3.8) is 0 Å². The van der Waals surface area contributed by atoms with Crippen LogP contribution in [-0.2, 0) is 0 Å². The maximum absolute atomic E-state index is 6.17. The van der Waals surface area contributed by atoms with Crippen LogP contribution < -0.4 is 10.6 Å². The van der Waals surface area contributed by atoms with Gasteiger partial charge in [0, 0.05) is 29.2 Å². The average Bonchev–Trinajstić information content (AvgIpc) is 2.94. The minimum atomic E-state index is 0.175. The predicted octanol–water partition coefficient (Wildman–Crippen LogP) is 2.75. The average molecular weight is 306 g/mol. The van der Waals surface area contributed by atoms with E-state index >= 15 is 0 Å². The van der Waals surface area contributed by atoms with Crippen LogP contribution in [0, 0.1) is 6.92 Å². The molecule has 5 nitrogen and oxygen atoms in total. The fourth-order valence-corrected chi connectivity index (χ4v) is 2.89. The first kappa shape index (κ1) is 14.4. The fourth-order valence-electron chi connectivity index (χ4n) is 2.71. The highest BCUT2D eigenvalue weighted by atomic mass is 35.5. The van der Waals surface area contributed by atoms with E-state index in [1.165, 1.54) is 0 Å². The Kier molecular flexibility index (Phi) is 3.87. The molecule has 2 aromatic rings. The maximum atomic E-state index is 6.17. The molecule has 1 aromatic carbocycles. The normalized spacial score (nSPS) is 22.6. The van der Waals surface area contributed by atoms with Gasteiger partial charge in [-0.1, -0.05) is 23.7 Å². The second-order valence-corrected chi connectivity index (χ2v) is 6.10. The van der Waals surface area contributed by atoms with Gasteiger partial charge in [-0.25, -0.2) is 0 Å². The Morgan fingerprint density at radius 2 is 2.24 bits per heavy atom. The zero-order valence-electron chi connectivity index (χ0n) is 12.3. The third-order valence-electron chi connectivity index (χ3n) is 4.22. The molecule has 6 heteroatoms. The number of anilines is 1. The number of H-pyrrole nitrogens is 1. The number of nitrogens with one attached hydrogen (secondary N) is 1. The van der Waals surface area contributed by atoms with Crippen LogP contribution in [0.3, 0.4) is 0 Å². The minimum absolute atomic E-state index is 0.175. The van der Waals surface area contributed by atoms with Crippen LogP contribution in [0.4, 0.5) is 5.95 Å². The first-order valence-corrected chi connectivity index (χ1v) is 7.65. The van der Waals surface area contributed by atoms with Crippen molar-refractivity contribution in [2.75, 3.05) is 11.4 Å². The lowest BCUT2D eigenvalue weighted by Crippen LogP contribution is -2.50. The van der Waals surface area contributed by atoms with Gasteiger partial charge in [0.1, 0.15) is 0 Å². The first-order valence-electron chi connectivity index (χ1n) is 7.27. The van der Waals surface area contributed by atoms with E-state index in [0.29, 0.717) is 5.95 Å². The highest BCUT2D eigenvalue weighted by Crippen LogP contribution is 2.26. The Labute approximate surface area is 129 Å². The summed E-state index contributed by atoms with van der Waals surface area (Å²) < 4.78 is 0. The summed E-state index contributed by atoms with van der Waals surface area (Å²) in [6.45, 7) is 5.05. The molecular formula is C15H20ClN5. The summed E-state index contributed by atoms with van der Waals surface area (Å²) in [6.07, 6.45) is 2.13. The number of rotatable bonds is 2. The van der Waals surface area contributed by atoms with Gasteiger partial charge in [0.15, 0.2) is 5.82 Å². The second kappa shape index (κ2) is 5.66. The minimum Gasteiger partial charge on any atom is -0.335 e. The SMILES string of the molecule is Cc1ccc(-c2nc(N3CCCC(N)C3C)n[nH]2)cc1Cl. The van der Waals surface area contributed by atoms with Gasteiger partial charge in [0.2, 0.25) is 5.95 Å². The van der Waals surface area contributed by atoms with Crippen molar-refractivity contribution in [2.45, 2.75) is 38.8 Å². The summed E-state index contributed by atoms with van der Waals surface area (Å²) in [6, 6.07) is 6.32. The molecule has 0 radical (unpaired) electrons. The van der Waals surface area contributed by atoms with Crippen molar-refractivity contribution in [2.24, 2.45) is 5.73 Å². The number of aromatic nitrogens is 3. The number of nitrogens with zero attached hydrogens (tertiary/aromatic N) is 3. The summed E-state index contributed by atoms with van der Waals surface area (Å²) in [7, 11) is 0. The highest BCUT2D eigenvalue weighted by molar-refractivity contribution is 6.31. The third-order valence-corrected chi connectivity index (χ3v) is 4.63. The van der Waals surface area contributed by atoms with Gasteiger partial charge in [0.25, 0.3) is 0 Å². The Balaban J connectivity index is 1.87. The molecular weight excluding hydrogens is 286 g/mol. The third kappa shape index (κ3) is 2.76. The maximum Gasteiger partial charge on any atom is 0.245 e. The Morgan fingerprint density at radius 1 is 1.43 bits per heavy atom. The molecule has 0 spiro atoms. The Bertz CT molecular complexity index is 639. The molecule has 1 fully saturated rings. The molecule has 3 N–H and O–H groups in total. The van der Waals surface area contributed by atoms with Crippen molar-refractivity contribution in [3.8, 4) is 11.4 Å². The highest BCUT2D eigenvalue weighted by Gasteiger charge is 2.27. The molecule has 0 amide bonds. The molecule has 2 unspecified atom stereocenters. The van der Waals surface area contributed by atoms with Crippen LogP contribution in [0.1, 0.15) is 25.3 Å². The van der Waals surface area contributed by atoms with E-state index in [-0.39, 0.29) is 12.1 Å². The lowest BCUT2D eigenvalue weighted by atomic mass is 9.99. The monoisotopic (exact) mass is 305 g/mol. The number of nitrogens with two attached hydrogens (primary N) is 1. The molecule has 2 atom stereocenters. The number of hydrogen-bond acceptors (Lipinski definition) is 4. The largest absolute Gasteiger partial charge is 0.335 e. The lowest BCUT2D eigenvalue weighted by molar-refractivity contribution is 0.416. The van der Waals surface area contributed by atoms with Gasteiger partial charge in [-0.05, 0) is 38.3 Å². The molecule has 0 bridgehead atoms. The van der Waals surface area contributed by atoms with E-state index in [1.54, 1.807) is 0 Å². The molecule has 0 saturated carbocycles. The molecule has 2 heterocycles. The van der Waals surface area contributed by atoms with Gasteiger partial charge in [-0.2, -0.15) is 4.98 Å². The number of aromatic amines is 1. The predicted molar refractivity (Wildman–Crippen MR) is 85.6 cm³/mol. The number of piperidine rings is 1. The molecule has 1 aromatic heterocycles. The van der Waals surface area contributed by atoms with Crippen LogP contribution in [-0.4, -0.2) is 33.8 Å². The molecule has 3 rings (SSSR count). The fraction of sp³-hybridized carbons (Fsp3) is 0.467. The summed E-state index contributed by atoms with van der Waals surface area (Å²) in [5.74, 6) is 1.45. The Hall–Kier alpha value is -1.59. The van der Waals surface area contributed by atoms with Gasteiger partial charge < -0.3 is 10.6 Å². The molecule has 21 heavy (non-hydrogen) atoms. The van der Waals surface area contributed by atoms with Gasteiger partial charge in [-0.3, -0.25) is 5.10 Å². The molecule has 112 valence electrons. The van der Waals surface area contributed by atoms with Crippen LogP contribution in [0.2, 0.25) is 5.02 Å². The lowest BCUT2D eigenvalue weighted by Gasteiger charge is -2.36. The van der Waals surface area contributed by atoms with Crippen LogP contribution in [0.15, 0.2) is 18.2 Å². The van der Waals surface area contributed by atoms with E-state index in [9.17, 15) is 0 Å². The Morgan fingerprint density at radius 3 is 3.00 bits per heavy atom. The number of aryl methyl sites for hydroxylation is 1. The van der Waals surface area contributed by atoms with Crippen molar-refractivity contribution < 1.29 is 0 Å². The van der Waals surface area contributed by atoms with Gasteiger partial charge >= 0.3 is 0 Å². The molecule has 0 aliphatic carbocycles. The first-order chi connectivity index (χ1) is 10.1. The van der Waals surface area contributed by atoms with E-state index in [0.717, 1.165) is 41.4 Å². The van der Waals surface area contributed by atoms with E-state index < -0.39 is 0 Å². The summed E-state index contributed by atoms with van der Waals surface area (Å²) >= 11 is 6.17. The summed E-state index contributed by atoms with van der Waals surface area (Å²) in [4.78, 5) is 6.78. The number of benzene rings is 1. The smallest absolute Gasteiger partial charge is 0.245 e. The molecule has 1 aliphatic heterocycles. The van der Waals surface area contributed by atoms with Crippen molar-refractivity contribution in [3.05, 3.63) is 28.8 Å². The summed E-state index contributed by atoms with van der Waals surface area (Å²) in [5, 5.41) is 8.08. The van der Waals surface area contributed by atoms with Crippen LogP contribution in [0.25, 0.3) is 11.4 Å². The van der Waals surface area contributed by atoms with E-state index in [1.807, 2.05) is 25.1 Å². The quantitative estimate of drug-likeness (QED) is 0.895. The van der Waals surface area contributed by atoms with Gasteiger partial charge in [0.05, 0.1) is 0 Å². The van der Waals surface area contributed by atoms with Crippen LogP contribution >= 0.6 is 11.6 Å². The van der Waals surface area contributed by atoms with E-state index in [4.69, 9.17) is 17.3 Å². The second-order valence-electron chi connectivity index (χ2n) is 5.69. The van der Waals surface area contributed by atoms with E-state index in [2.05, 4.69) is 27.0 Å². The van der Waals surface area contributed by atoms with Crippen molar-refractivity contribution >= 4 is 17.5 Å². The standard InChI is InChI=1S/C15H20ClN5/c1-9-5-6-11(8-12(9)16)14-18-15(20-19-14)21-7-3-4-13(17)10(21)2/h5-6,8,10,13H,3-4,7,17H2,1-2H3,(H,18,19,20). The summed E-state index contributed by atoms with van der Waals surface area (Å²) in [5.41, 5.74) is 8.13. The van der Waals surface area contributed by atoms with Gasteiger partial charge in [-0.15, -0.1) is 5.10 Å². The molecule has 1 saturated heterocycles. The van der Waals surface area contributed by atoms with Crippen LogP contribution in [0.5, 0.6) is 0 Å². The number of hydrogen-bond donors (Lipinski definition) is 2.